The van der Waals surface area contributed by atoms with Crippen LogP contribution in [0, 0.1) is 12.8 Å². The van der Waals surface area contributed by atoms with Gasteiger partial charge in [0, 0.05) is 18.3 Å². The quantitative estimate of drug-likeness (QED) is 0.619. The van der Waals surface area contributed by atoms with Crippen LogP contribution in [-0.2, 0) is 7.05 Å². The van der Waals surface area contributed by atoms with Crippen LogP contribution in [0.4, 0.5) is 10.5 Å². The number of amides is 2. The number of anilines is 1. The molecule has 27 heavy (non-hydrogen) atoms. The summed E-state index contributed by atoms with van der Waals surface area (Å²) in [6, 6.07) is 6.88. The predicted octanol–water partition coefficient (Wildman–Crippen LogP) is 2.82. The van der Waals surface area contributed by atoms with Crippen molar-refractivity contribution >= 4 is 11.7 Å². The molecular weight excluding hydrogens is 344 g/mol. The highest BCUT2D eigenvalue weighted by atomic mass is 16.2. The summed E-state index contributed by atoms with van der Waals surface area (Å²) in [6.45, 7) is 6.05. The lowest BCUT2D eigenvalue weighted by molar-refractivity contribution is 0.245. The molecule has 3 aromatic rings. The number of H-pyrrole nitrogens is 1. The zero-order chi connectivity index (χ0) is 19.4. The number of urea groups is 1. The van der Waals surface area contributed by atoms with Gasteiger partial charge in [-0.3, -0.25) is 9.78 Å². The van der Waals surface area contributed by atoms with E-state index in [2.05, 4.69) is 49.7 Å². The van der Waals surface area contributed by atoms with Crippen LogP contribution < -0.4 is 10.6 Å². The van der Waals surface area contributed by atoms with Crippen molar-refractivity contribution in [2.75, 3.05) is 5.32 Å². The van der Waals surface area contributed by atoms with Gasteiger partial charge in [0.15, 0.2) is 5.82 Å². The second kappa shape index (κ2) is 7.98. The molecule has 0 saturated carbocycles. The second-order valence-electron chi connectivity index (χ2n) is 6.85. The summed E-state index contributed by atoms with van der Waals surface area (Å²) in [5, 5.41) is 16.9. The van der Waals surface area contributed by atoms with Gasteiger partial charge in [-0.25, -0.2) is 14.8 Å². The van der Waals surface area contributed by atoms with Gasteiger partial charge in [0.1, 0.15) is 18.0 Å². The van der Waals surface area contributed by atoms with Crippen LogP contribution in [0.1, 0.15) is 38.0 Å². The first-order valence-corrected chi connectivity index (χ1v) is 8.83. The van der Waals surface area contributed by atoms with Crippen LogP contribution in [0.5, 0.6) is 0 Å². The summed E-state index contributed by atoms with van der Waals surface area (Å²) in [4.78, 5) is 21.1. The Labute approximate surface area is 157 Å². The van der Waals surface area contributed by atoms with E-state index in [4.69, 9.17) is 0 Å². The summed E-state index contributed by atoms with van der Waals surface area (Å²) in [6.07, 6.45) is 2.25. The maximum absolute atomic E-state index is 12.5. The molecular formula is C18H24N8O. The molecule has 0 aliphatic carbocycles. The van der Waals surface area contributed by atoms with Gasteiger partial charge in [0.2, 0.25) is 0 Å². The fraction of sp³-hybridized carbons (Fsp3) is 0.389. The molecule has 0 aliphatic heterocycles. The van der Waals surface area contributed by atoms with E-state index in [9.17, 15) is 4.79 Å². The number of carbonyl (C=O) groups excluding carboxylic acids is 1. The van der Waals surface area contributed by atoms with Gasteiger partial charge >= 0.3 is 6.03 Å². The number of benzene rings is 1. The second-order valence-corrected chi connectivity index (χ2v) is 6.85. The van der Waals surface area contributed by atoms with Crippen LogP contribution in [-0.4, -0.2) is 36.0 Å². The molecule has 1 atom stereocenters. The molecule has 3 N–H and O–H groups in total. The molecule has 2 amide bonds. The molecule has 3 rings (SSSR count). The van der Waals surface area contributed by atoms with Gasteiger partial charge in [0.05, 0.1) is 6.04 Å². The number of hydrogen-bond acceptors (Lipinski definition) is 5. The van der Waals surface area contributed by atoms with Crippen molar-refractivity contribution in [1.29, 1.82) is 0 Å². The Kier molecular flexibility index (Phi) is 5.49. The van der Waals surface area contributed by atoms with Crippen molar-refractivity contribution in [3.63, 3.8) is 0 Å². The lowest BCUT2D eigenvalue weighted by Crippen LogP contribution is -2.34. The van der Waals surface area contributed by atoms with Crippen molar-refractivity contribution in [2.24, 2.45) is 13.0 Å². The highest BCUT2D eigenvalue weighted by Crippen LogP contribution is 2.21. The molecule has 9 heteroatoms. The maximum atomic E-state index is 12.5. The highest BCUT2D eigenvalue weighted by Gasteiger charge is 2.20. The van der Waals surface area contributed by atoms with E-state index in [1.165, 1.54) is 6.33 Å². The molecule has 0 unspecified atom stereocenters. The van der Waals surface area contributed by atoms with E-state index < -0.39 is 0 Å². The van der Waals surface area contributed by atoms with Gasteiger partial charge in [-0.2, -0.15) is 10.2 Å². The Balaban J connectivity index is 1.71. The van der Waals surface area contributed by atoms with E-state index in [-0.39, 0.29) is 12.1 Å². The Morgan fingerprint density at radius 3 is 2.78 bits per heavy atom. The summed E-state index contributed by atoms with van der Waals surface area (Å²) < 4.78 is 1.68. The van der Waals surface area contributed by atoms with E-state index in [1.807, 2.05) is 38.2 Å². The number of aromatic nitrogens is 6. The third-order valence-electron chi connectivity index (χ3n) is 4.05. The molecule has 1 aromatic carbocycles. The van der Waals surface area contributed by atoms with Crippen molar-refractivity contribution < 1.29 is 4.79 Å². The fourth-order valence-electron chi connectivity index (χ4n) is 2.85. The summed E-state index contributed by atoms with van der Waals surface area (Å²) in [7, 11) is 1.82. The molecule has 9 nitrogen and oxygen atoms in total. The van der Waals surface area contributed by atoms with Crippen LogP contribution in [0.15, 0.2) is 30.6 Å². The van der Waals surface area contributed by atoms with Crippen molar-refractivity contribution in [3.8, 4) is 11.4 Å². The van der Waals surface area contributed by atoms with E-state index in [1.54, 1.807) is 4.68 Å². The van der Waals surface area contributed by atoms with E-state index >= 15 is 0 Å². The molecule has 0 saturated heterocycles. The number of carbonyl (C=O) groups is 1. The molecule has 0 spiro atoms. The number of rotatable bonds is 6. The van der Waals surface area contributed by atoms with Crippen molar-refractivity contribution in [1.82, 2.24) is 35.3 Å². The standard InChI is InChI=1S/C18H24N8O/c1-11(2)8-15(17-19-10-20-26(17)4)23-18(27)22-14-7-5-6-13(9-14)16-21-12(3)24-25-16/h5-7,9-11,15H,8H2,1-4H3,(H,21,24,25)(H2,22,23,27)/t15-/m0/s1. The van der Waals surface area contributed by atoms with Gasteiger partial charge in [0.25, 0.3) is 0 Å². The molecule has 0 aliphatic rings. The normalized spacial score (nSPS) is 12.2. The minimum absolute atomic E-state index is 0.226. The molecule has 142 valence electrons. The number of nitrogens with zero attached hydrogens (tertiary/aromatic N) is 5. The average Bonchev–Trinajstić information content (AvgIpc) is 3.22. The number of nitrogens with one attached hydrogen (secondary N) is 3. The first-order valence-electron chi connectivity index (χ1n) is 8.83. The Hall–Kier alpha value is -3.23. The smallest absolute Gasteiger partial charge is 0.319 e. The number of hydrogen-bond donors (Lipinski definition) is 3. The van der Waals surface area contributed by atoms with Gasteiger partial charge in [-0.15, -0.1) is 0 Å². The monoisotopic (exact) mass is 368 g/mol. The van der Waals surface area contributed by atoms with Gasteiger partial charge in [-0.1, -0.05) is 26.0 Å². The lowest BCUT2D eigenvalue weighted by Gasteiger charge is -2.20. The van der Waals surface area contributed by atoms with Crippen molar-refractivity contribution in [2.45, 2.75) is 33.2 Å². The van der Waals surface area contributed by atoms with Crippen LogP contribution in [0.2, 0.25) is 0 Å². The topological polar surface area (TPSA) is 113 Å². The predicted molar refractivity (Wildman–Crippen MR) is 102 cm³/mol. The Morgan fingerprint density at radius 2 is 2.15 bits per heavy atom. The molecule has 2 heterocycles. The number of aryl methyl sites for hydroxylation is 2. The summed E-state index contributed by atoms with van der Waals surface area (Å²) >= 11 is 0. The highest BCUT2D eigenvalue weighted by molar-refractivity contribution is 5.90. The van der Waals surface area contributed by atoms with Crippen molar-refractivity contribution in [3.05, 3.63) is 42.2 Å². The zero-order valence-corrected chi connectivity index (χ0v) is 15.9. The van der Waals surface area contributed by atoms with Crippen LogP contribution in [0.25, 0.3) is 11.4 Å². The average molecular weight is 368 g/mol. The van der Waals surface area contributed by atoms with E-state index in [0.29, 0.717) is 17.4 Å². The number of aromatic amines is 1. The fourth-order valence-corrected chi connectivity index (χ4v) is 2.85. The first kappa shape index (κ1) is 18.6. The molecule has 0 fully saturated rings. The third kappa shape index (κ3) is 4.69. The zero-order valence-electron chi connectivity index (χ0n) is 15.9. The molecule has 0 bridgehead atoms. The third-order valence-corrected chi connectivity index (χ3v) is 4.05. The summed E-state index contributed by atoms with van der Waals surface area (Å²) in [5.41, 5.74) is 1.48. The van der Waals surface area contributed by atoms with Gasteiger partial charge < -0.3 is 10.6 Å². The minimum Gasteiger partial charge on any atom is -0.328 e. The molecule has 2 aromatic heterocycles. The minimum atomic E-state index is -0.299. The van der Waals surface area contributed by atoms with Crippen LogP contribution in [0.3, 0.4) is 0 Å². The Bertz CT molecular complexity index is 913. The lowest BCUT2D eigenvalue weighted by atomic mass is 10.0. The van der Waals surface area contributed by atoms with Gasteiger partial charge in [-0.05, 0) is 31.4 Å². The SMILES string of the molecule is Cc1nc(-c2cccc(NC(=O)N[C@@H](CC(C)C)c3ncnn3C)c2)n[nH]1. The van der Waals surface area contributed by atoms with E-state index in [0.717, 1.165) is 23.6 Å². The summed E-state index contributed by atoms with van der Waals surface area (Å²) in [5.74, 6) is 2.45. The largest absolute Gasteiger partial charge is 0.328 e. The molecule has 0 radical (unpaired) electrons. The first-order chi connectivity index (χ1) is 12.9. The van der Waals surface area contributed by atoms with Crippen LogP contribution >= 0.6 is 0 Å². The Morgan fingerprint density at radius 1 is 1.33 bits per heavy atom. The maximum Gasteiger partial charge on any atom is 0.319 e.